The molecule has 1 amide bonds. The Morgan fingerprint density at radius 3 is 2.84 bits per heavy atom. The highest BCUT2D eigenvalue weighted by molar-refractivity contribution is 7.07. The van der Waals surface area contributed by atoms with Gasteiger partial charge < -0.3 is 20.3 Å². The van der Waals surface area contributed by atoms with E-state index in [0.717, 1.165) is 38.3 Å². The lowest BCUT2D eigenvalue weighted by Crippen LogP contribution is -2.52. The minimum Gasteiger partial charge on any atom is -0.444 e. The van der Waals surface area contributed by atoms with Crippen LogP contribution in [0.5, 0.6) is 0 Å². The van der Waals surface area contributed by atoms with E-state index in [1.165, 1.54) is 5.56 Å². The van der Waals surface area contributed by atoms with E-state index in [-0.39, 0.29) is 12.1 Å². The first-order valence-electron chi connectivity index (χ1n) is 8.84. The number of thiophene rings is 1. The zero-order valence-corrected chi connectivity index (χ0v) is 16.5. The standard InChI is InChI=1S/C18H30N4O2S/c1-18(2,3)24-17(23)22-9-6-5-7-15(22)12-21-16(19-4)20-11-14-8-10-25-13-14/h8,10,13,15H,5-7,9,11-12H2,1-4H3,(H2,19,20,21). The van der Waals surface area contributed by atoms with Crippen molar-refractivity contribution in [2.75, 3.05) is 20.1 Å². The van der Waals surface area contributed by atoms with E-state index in [1.54, 1.807) is 18.4 Å². The fourth-order valence-corrected chi connectivity index (χ4v) is 3.46. The van der Waals surface area contributed by atoms with Crippen molar-refractivity contribution in [3.05, 3.63) is 22.4 Å². The van der Waals surface area contributed by atoms with E-state index < -0.39 is 5.60 Å². The number of nitrogens with zero attached hydrogens (tertiary/aromatic N) is 2. The van der Waals surface area contributed by atoms with Crippen molar-refractivity contribution in [2.24, 2.45) is 4.99 Å². The van der Waals surface area contributed by atoms with Crippen LogP contribution < -0.4 is 10.6 Å². The summed E-state index contributed by atoms with van der Waals surface area (Å²) >= 11 is 1.68. The van der Waals surface area contributed by atoms with Crippen LogP contribution in [0.3, 0.4) is 0 Å². The maximum Gasteiger partial charge on any atom is 0.410 e. The molecule has 1 aromatic heterocycles. The third-order valence-electron chi connectivity index (χ3n) is 4.02. The van der Waals surface area contributed by atoms with Gasteiger partial charge in [-0.05, 0) is 62.4 Å². The molecule has 1 unspecified atom stereocenters. The van der Waals surface area contributed by atoms with E-state index in [0.29, 0.717) is 6.54 Å². The van der Waals surface area contributed by atoms with Crippen molar-refractivity contribution in [3.8, 4) is 0 Å². The van der Waals surface area contributed by atoms with Crippen molar-refractivity contribution >= 4 is 23.4 Å². The molecule has 7 heteroatoms. The van der Waals surface area contributed by atoms with Gasteiger partial charge in [0.2, 0.25) is 0 Å². The molecular formula is C18H30N4O2S. The molecule has 140 valence electrons. The van der Waals surface area contributed by atoms with Crippen LogP contribution in [-0.2, 0) is 11.3 Å². The molecule has 1 saturated heterocycles. The number of amides is 1. The maximum atomic E-state index is 12.5. The molecule has 0 aromatic carbocycles. The van der Waals surface area contributed by atoms with Gasteiger partial charge in [0.25, 0.3) is 0 Å². The molecule has 0 bridgehead atoms. The summed E-state index contributed by atoms with van der Waals surface area (Å²) in [4.78, 5) is 18.6. The number of carbonyl (C=O) groups is 1. The van der Waals surface area contributed by atoms with Gasteiger partial charge in [0.1, 0.15) is 5.60 Å². The topological polar surface area (TPSA) is 66.0 Å². The van der Waals surface area contributed by atoms with E-state index >= 15 is 0 Å². The lowest BCUT2D eigenvalue weighted by Gasteiger charge is -2.37. The van der Waals surface area contributed by atoms with Crippen LogP contribution in [0, 0.1) is 0 Å². The highest BCUT2D eigenvalue weighted by Crippen LogP contribution is 2.20. The zero-order valence-electron chi connectivity index (χ0n) is 15.7. The summed E-state index contributed by atoms with van der Waals surface area (Å²) in [5.74, 6) is 0.751. The first kappa shape index (κ1) is 19.6. The molecule has 6 nitrogen and oxygen atoms in total. The normalized spacial score (nSPS) is 18.8. The number of hydrogen-bond donors (Lipinski definition) is 2. The summed E-state index contributed by atoms with van der Waals surface area (Å²) in [6.07, 6.45) is 2.92. The van der Waals surface area contributed by atoms with Gasteiger partial charge >= 0.3 is 6.09 Å². The smallest absolute Gasteiger partial charge is 0.410 e. The van der Waals surface area contributed by atoms with E-state index in [1.807, 2.05) is 25.7 Å². The fourth-order valence-electron chi connectivity index (χ4n) is 2.79. The van der Waals surface area contributed by atoms with Gasteiger partial charge in [-0.2, -0.15) is 11.3 Å². The summed E-state index contributed by atoms with van der Waals surface area (Å²) < 4.78 is 5.55. The van der Waals surface area contributed by atoms with Gasteiger partial charge in [-0.1, -0.05) is 0 Å². The summed E-state index contributed by atoms with van der Waals surface area (Å²) in [7, 11) is 1.76. The molecule has 0 spiro atoms. The van der Waals surface area contributed by atoms with Gasteiger partial charge in [-0.15, -0.1) is 0 Å². The van der Waals surface area contributed by atoms with Crippen LogP contribution in [0.25, 0.3) is 0 Å². The number of ether oxygens (including phenoxy) is 1. The van der Waals surface area contributed by atoms with Gasteiger partial charge in [0.15, 0.2) is 5.96 Å². The highest BCUT2D eigenvalue weighted by atomic mass is 32.1. The number of rotatable bonds is 4. The molecule has 0 aliphatic carbocycles. The molecule has 2 rings (SSSR count). The van der Waals surface area contributed by atoms with E-state index in [4.69, 9.17) is 4.74 Å². The van der Waals surface area contributed by atoms with E-state index in [9.17, 15) is 4.79 Å². The van der Waals surface area contributed by atoms with Gasteiger partial charge in [-0.25, -0.2) is 4.79 Å². The largest absolute Gasteiger partial charge is 0.444 e. The van der Waals surface area contributed by atoms with Gasteiger partial charge in [0, 0.05) is 26.7 Å². The molecule has 0 saturated carbocycles. The lowest BCUT2D eigenvalue weighted by molar-refractivity contribution is 0.0104. The first-order chi connectivity index (χ1) is 11.9. The maximum absolute atomic E-state index is 12.5. The Labute approximate surface area is 154 Å². The molecule has 1 aliphatic heterocycles. The molecule has 2 heterocycles. The summed E-state index contributed by atoms with van der Waals surface area (Å²) in [6.45, 7) is 7.86. The Balaban J connectivity index is 1.86. The van der Waals surface area contributed by atoms with Crippen LogP contribution in [0.4, 0.5) is 4.79 Å². The van der Waals surface area contributed by atoms with Gasteiger partial charge in [-0.3, -0.25) is 4.99 Å². The number of hydrogen-bond acceptors (Lipinski definition) is 4. The van der Waals surface area contributed by atoms with Crippen molar-refractivity contribution in [2.45, 2.75) is 58.2 Å². The van der Waals surface area contributed by atoms with E-state index in [2.05, 4.69) is 32.5 Å². The van der Waals surface area contributed by atoms with Crippen molar-refractivity contribution in [3.63, 3.8) is 0 Å². The number of nitrogens with one attached hydrogen (secondary N) is 2. The SMILES string of the molecule is CN=C(NCc1ccsc1)NCC1CCCCN1C(=O)OC(C)(C)C. The summed E-state index contributed by atoms with van der Waals surface area (Å²) in [5, 5.41) is 10.8. The van der Waals surface area contributed by atoms with Crippen LogP contribution >= 0.6 is 11.3 Å². The Bertz CT molecular complexity index is 566. The highest BCUT2D eigenvalue weighted by Gasteiger charge is 2.30. The third kappa shape index (κ3) is 6.57. The number of aliphatic imine (C=N–C) groups is 1. The molecule has 1 aromatic rings. The average Bonchev–Trinajstić information content (AvgIpc) is 3.07. The molecule has 1 aliphatic rings. The van der Waals surface area contributed by atoms with Crippen LogP contribution in [0.2, 0.25) is 0 Å². The molecule has 1 atom stereocenters. The van der Waals surface area contributed by atoms with Crippen molar-refractivity contribution in [1.29, 1.82) is 0 Å². The summed E-state index contributed by atoms with van der Waals surface area (Å²) in [6, 6.07) is 2.22. The van der Waals surface area contributed by atoms with Crippen molar-refractivity contribution < 1.29 is 9.53 Å². The number of piperidine rings is 1. The Hall–Kier alpha value is -1.76. The Morgan fingerprint density at radius 2 is 2.20 bits per heavy atom. The Kier molecular flexibility index (Phi) is 7.11. The van der Waals surface area contributed by atoms with Crippen molar-refractivity contribution in [1.82, 2.24) is 15.5 Å². The van der Waals surface area contributed by atoms with Crippen LogP contribution in [-0.4, -0.2) is 48.7 Å². The summed E-state index contributed by atoms with van der Waals surface area (Å²) in [5.41, 5.74) is 0.769. The second kappa shape index (κ2) is 9.08. The second-order valence-corrected chi connectivity index (χ2v) is 8.04. The van der Waals surface area contributed by atoms with Crippen LogP contribution in [0.15, 0.2) is 21.8 Å². The minimum atomic E-state index is -0.468. The Morgan fingerprint density at radius 1 is 1.40 bits per heavy atom. The van der Waals surface area contributed by atoms with Gasteiger partial charge in [0.05, 0.1) is 6.04 Å². The monoisotopic (exact) mass is 366 g/mol. The lowest BCUT2D eigenvalue weighted by atomic mass is 10.0. The predicted molar refractivity (Wildman–Crippen MR) is 103 cm³/mol. The third-order valence-corrected chi connectivity index (χ3v) is 4.76. The zero-order chi connectivity index (χ0) is 18.3. The fraction of sp³-hybridized carbons (Fsp3) is 0.667. The number of carbonyl (C=O) groups excluding carboxylic acids is 1. The predicted octanol–water partition coefficient (Wildman–Crippen LogP) is 3.20. The number of likely N-dealkylation sites (tertiary alicyclic amines) is 1. The molecule has 0 radical (unpaired) electrons. The molecule has 2 N–H and O–H groups in total. The first-order valence-corrected chi connectivity index (χ1v) is 9.78. The number of guanidine groups is 1. The second-order valence-electron chi connectivity index (χ2n) is 7.26. The minimum absolute atomic E-state index is 0.128. The molecular weight excluding hydrogens is 336 g/mol. The average molecular weight is 367 g/mol. The molecule has 25 heavy (non-hydrogen) atoms. The quantitative estimate of drug-likeness (QED) is 0.634. The molecule has 1 fully saturated rings. The van der Waals surface area contributed by atoms with Crippen LogP contribution in [0.1, 0.15) is 45.6 Å².